The minimum atomic E-state index is 0.411. The Hall–Kier alpha value is -0.930. The molecular formula is C10H16N3+. The molecule has 1 fully saturated rings. The summed E-state index contributed by atoms with van der Waals surface area (Å²) in [4.78, 5) is 4.14. The maximum Gasteiger partial charge on any atom is 0.170 e. The Morgan fingerprint density at radius 1 is 1.54 bits per heavy atom. The van der Waals surface area contributed by atoms with Crippen molar-refractivity contribution in [3.63, 3.8) is 0 Å². The third-order valence-electron chi connectivity index (χ3n) is 2.72. The first-order chi connectivity index (χ1) is 6.20. The molecule has 1 aliphatic heterocycles. The second-order valence-electron chi connectivity index (χ2n) is 4.15. The van der Waals surface area contributed by atoms with Gasteiger partial charge in [-0.3, -0.25) is 10.3 Å². The van der Waals surface area contributed by atoms with Crippen LogP contribution < -0.4 is 5.32 Å². The monoisotopic (exact) mass is 178 g/mol. The van der Waals surface area contributed by atoms with Crippen molar-refractivity contribution >= 4 is 0 Å². The van der Waals surface area contributed by atoms with Crippen LogP contribution in [0.1, 0.15) is 11.7 Å². The quantitative estimate of drug-likeness (QED) is 0.642. The van der Waals surface area contributed by atoms with E-state index in [4.69, 9.17) is 0 Å². The molecule has 2 heterocycles. The van der Waals surface area contributed by atoms with Crippen molar-refractivity contribution in [2.24, 2.45) is 0 Å². The molecule has 70 valence electrons. The van der Waals surface area contributed by atoms with Crippen molar-refractivity contribution in [2.45, 2.75) is 6.17 Å². The molecule has 1 atom stereocenters. The lowest BCUT2D eigenvalue weighted by Gasteiger charge is -2.30. The summed E-state index contributed by atoms with van der Waals surface area (Å²) in [5.41, 5.74) is 1.28. The fraction of sp³-hybridized carbons (Fsp3) is 0.500. The SMILES string of the molecule is C[N+]1(C)CCNC1c1cccnc1. The maximum atomic E-state index is 4.14. The third-order valence-corrected chi connectivity index (χ3v) is 2.72. The van der Waals surface area contributed by atoms with Crippen LogP contribution in [0.25, 0.3) is 0 Å². The molecule has 1 aromatic rings. The van der Waals surface area contributed by atoms with Crippen LogP contribution in [-0.4, -0.2) is 36.7 Å². The molecule has 1 aliphatic rings. The first-order valence-corrected chi connectivity index (χ1v) is 4.66. The lowest BCUT2D eigenvalue weighted by Crippen LogP contribution is -2.41. The van der Waals surface area contributed by atoms with Crippen LogP contribution in [-0.2, 0) is 0 Å². The van der Waals surface area contributed by atoms with E-state index in [1.807, 2.05) is 18.5 Å². The molecule has 1 aromatic heterocycles. The summed E-state index contributed by atoms with van der Waals surface area (Å²) >= 11 is 0. The summed E-state index contributed by atoms with van der Waals surface area (Å²) in [5.74, 6) is 0. The molecule has 0 saturated carbocycles. The average molecular weight is 178 g/mol. The Balaban J connectivity index is 2.27. The van der Waals surface area contributed by atoms with E-state index < -0.39 is 0 Å². The Morgan fingerprint density at radius 3 is 2.92 bits per heavy atom. The second kappa shape index (κ2) is 3.09. The third kappa shape index (κ3) is 1.57. The van der Waals surface area contributed by atoms with E-state index >= 15 is 0 Å². The van der Waals surface area contributed by atoms with Gasteiger partial charge in [0.1, 0.15) is 0 Å². The van der Waals surface area contributed by atoms with Crippen LogP contribution in [0.2, 0.25) is 0 Å². The number of nitrogens with zero attached hydrogens (tertiary/aromatic N) is 2. The molecule has 0 aliphatic carbocycles. The minimum Gasteiger partial charge on any atom is -0.309 e. The predicted octanol–water partition coefficient (Wildman–Crippen LogP) is 0.760. The van der Waals surface area contributed by atoms with Crippen molar-refractivity contribution in [2.75, 3.05) is 27.2 Å². The first kappa shape index (κ1) is 8.66. The van der Waals surface area contributed by atoms with Crippen LogP contribution in [0.3, 0.4) is 0 Å². The smallest absolute Gasteiger partial charge is 0.170 e. The van der Waals surface area contributed by atoms with Crippen LogP contribution >= 0.6 is 0 Å². The van der Waals surface area contributed by atoms with Gasteiger partial charge in [0.2, 0.25) is 0 Å². The Labute approximate surface area is 79.0 Å². The summed E-state index contributed by atoms with van der Waals surface area (Å²) in [6, 6.07) is 4.13. The standard InChI is InChI=1S/C10H16N3/c1-13(2)7-6-12-10(13)9-4-3-5-11-8-9/h3-5,8,10,12H,6-7H2,1-2H3/q+1. The van der Waals surface area contributed by atoms with Gasteiger partial charge in [-0.2, -0.15) is 0 Å². The highest BCUT2D eigenvalue weighted by atomic mass is 15.4. The molecule has 0 spiro atoms. The molecular weight excluding hydrogens is 162 g/mol. The Morgan fingerprint density at radius 2 is 2.38 bits per heavy atom. The number of quaternary nitrogens is 1. The van der Waals surface area contributed by atoms with Crippen molar-refractivity contribution < 1.29 is 4.48 Å². The normalized spacial score (nSPS) is 26.2. The largest absolute Gasteiger partial charge is 0.309 e. The molecule has 2 rings (SSSR count). The van der Waals surface area contributed by atoms with Crippen LogP contribution in [0.4, 0.5) is 0 Å². The summed E-state index contributed by atoms with van der Waals surface area (Å²) < 4.78 is 1.01. The van der Waals surface area contributed by atoms with E-state index in [0.717, 1.165) is 11.0 Å². The van der Waals surface area contributed by atoms with Crippen molar-refractivity contribution in [3.05, 3.63) is 30.1 Å². The van der Waals surface area contributed by atoms with Gasteiger partial charge in [0.05, 0.1) is 27.2 Å². The molecule has 1 unspecified atom stereocenters. The summed E-state index contributed by atoms with van der Waals surface area (Å²) in [5, 5.41) is 3.50. The van der Waals surface area contributed by atoms with E-state index in [1.54, 1.807) is 0 Å². The van der Waals surface area contributed by atoms with Gasteiger partial charge >= 0.3 is 0 Å². The zero-order valence-electron chi connectivity index (χ0n) is 8.20. The number of likely N-dealkylation sites (N-methyl/N-ethyl adjacent to an activating group) is 1. The highest BCUT2D eigenvalue weighted by Gasteiger charge is 2.34. The van der Waals surface area contributed by atoms with Crippen molar-refractivity contribution in [1.82, 2.24) is 10.3 Å². The van der Waals surface area contributed by atoms with Crippen molar-refractivity contribution in [3.8, 4) is 0 Å². The molecule has 0 aromatic carbocycles. The average Bonchev–Trinajstić information content (AvgIpc) is 2.47. The van der Waals surface area contributed by atoms with Gasteiger partial charge in [0, 0.05) is 18.0 Å². The predicted molar refractivity (Wildman–Crippen MR) is 52.0 cm³/mol. The van der Waals surface area contributed by atoms with Crippen LogP contribution in [0.15, 0.2) is 24.5 Å². The highest BCUT2D eigenvalue weighted by Crippen LogP contribution is 2.24. The van der Waals surface area contributed by atoms with E-state index in [-0.39, 0.29) is 0 Å². The molecule has 0 amide bonds. The fourth-order valence-corrected chi connectivity index (χ4v) is 1.92. The molecule has 3 heteroatoms. The zero-order chi connectivity index (χ0) is 9.31. The van der Waals surface area contributed by atoms with Crippen LogP contribution in [0.5, 0.6) is 0 Å². The van der Waals surface area contributed by atoms with Gasteiger partial charge in [0.15, 0.2) is 6.17 Å². The van der Waals surface area contributed by atoms with Crippen LogP contribution in [0, 0.1) is 0 Å². The van der Waals surface area contributed by atoms with Gasteiger partial charge in [-0.15, -0.1) is 0 Å². The number of hydrogen-bond acceptors (Lipinski definition) is 2. The zero-order valence-corrected chi connectivity index (χ0v) is 8.20. The molecule has 1 N–H and O–H groups in total. The number of pyridine rings is 1. The maximum absolute atomic E-state index is 4.14. The van der Waals surface area contributed by atoms with E-state index in [9.17, 15) is 0 Å². The van der Waals surface area contributed by atoms with Gasteiger partial charge < -0.3 is 4.48 Å². The molecule has 1 saturated heterocycles. The van der Waals surface area contributed by atoms with Gasteiger partial charge in [-0.1, -0.05) is 0 Å². The second-order valence-corrected chi connectivity index (χ2v) is 4.15. The molecule has 13 heavy (non-hydrogen) atoms. The Kier molecular flexibility index (Phi) is 2.06. The topological polar surface area (TPSA) is 24.9 Å². The lowest BCUT2D eigenvalue weighted by atomic mass is 10.2. The number of hydrogen-bond donors (Lipinski definition) is 1. The van der Waals surface area contributed by atoms with Gasteiger partial charge in [-0.25, -0.2) is 0 Å². The number of rotatable bonds is 1. The fourth-order valence-electron chi connectivity index (χ4n) is 1.92. The van der Waals surface area contributed by atoms with E-state index in [0.29, 0.717) is 6.17 Å². The first-order valence-electron chi connectivity index (χ1n) is 4.66. The number of aromatic nitrogens is 1. The van der Waals surface area contributed by atoms with Gasteiger partial charge in [-0.05, 0) is 12.1 Å². The minimum absolute atomic E-state index is 0.411. The molecule has 0 radical (unpaired) electrons. The lowest BCUT2D eigenvalue weighted by molar-refractivity contribution is -0.909. The summed E-state index contributed by atoms with van der Waals surface area (Å²) in [7, 11) is 4.50. The molecule has 3 nitrogen and oxygen atoms in total. The van der Waals surface area contributed by atoms with E-state index in [1.165, 1.54) is 12.1 Å². The van der Waals surface area contributed by atoms with Gasteiger partial charge in [0.25, 0.3) is 0 Å². The Bertz CT molecular complexity index is 281. The highest BCUT2D eigenvalue weighted by molar-refractivity contribution is 5.12. The number of nitrogens with one attached hydrogen (secondary N) is 1. The van der Waals surface area contributed by atoms with E-state index in [2.05, 4.69) is 30.5 Å². The summed E-state index contributed by atoms with van der Waals surface area (Å²) in [6.45, 7) is 2.27. The summed E-state index contributed by atoms with van der Waals surface area (Å²) in [6.07, 6.45) is 4.18. The molecule has 0 bridgehead atoms. The van der Waals surface area contributed by atoms with Crippen molar-refractivity contribution in [1.29, 1.82) is 0 Å².